The molecule has 0 atom stereocenters. The number of amides is 2. The van der Waals surface area contributed by atoms with Crippen LogP contribution in [0, 0.1) is 13.8 Å². The second-order valence-corrected chi connectivity index (χ2v) is 11.2. The Kier molecular flexibility index (Phi) is 15.0. The Hall–Kier alpha value is -6.96. The van der Waals surface area contributed by atoms with Crippen LogP contribution < -0.4 is 37.6 Å². The van der Waals surface area contributed by atoms with Crippen molar-refractivity contribution in [3.8, 4) is 11.4 Å². The van der Waals surface area contributed by atoms with Crippen molar-refractivity contribution in [1.82, 2.24) is 14.5 Å². The Morgan fingerprint density at radius 1 is 0.648 bits per heavy atom. The molecule has 0 saturated heterocycles. The maximum absolute atomic E-state index is 12.7. The van der Waals surface area contributed by atoms with Gasteiger partial charge in [-0.15, -0.1) is 0 Å². The van der Waals surface area contributed by atoms with Gasteiger partial charge in [0.15, 0.2) is 0 Å². The first kappa shape index (κ1) is 45.1. The van der Waals surface area contributed by atoms with Crippen LogP contribution >= 0.6 is 0 Å². The van der Waals surface area contributed by atoms with Gasteiger partial charge in [0, 0.05) is 19.8 Å². The molecule has 0 saturated carbocycles. The van der Waals surface area contributed by atoms with Crippen molar-refractivity contribution in [1.29, 1.82) is 0 Å². The lowest BCUT2D eigenvalue weighted by Gasteiger charge is -2.13. The van der Waals surface area contributed by atoms with Crippen molar-refractivity contribution in [2.75, 3.05) is 12.4 Å². The Morgan fingerprint density at radius 2 is 1.11 bits per heavy atom. The fraction of sp³-hybridized carbons (Fsp3) is 0.200. The first-order chi connectivity index (χ1) is 23.8. The number of nitrogens with one attached hydrogen (secondary N) is 2. The summed E-state index contributed by atoms with van der Waals surface area (Å²) in [5.41, 5.74) is 0.214. The van der Waals surface area contributed by atoms with Gasteiger partial charge >= 0.3 is 5.97 Å². The molecule has 0 aliphatic heterocycles. The standard InChI is InChI=1S/C18H16N2O6.C18H12N2O4.4CH4/c1-10-3-5-11(6-4-10)20-17(23)14-7-13(18(24)25)12(16(22)19-2)8-15(14)26-9-21;1-9-3-5-10(6-4-9)20-17(23)13-7-11-12(8-14(13)18(20)24)16(22)19(2)15(11)21;;;;/h3-9H,1-2H3,(H,19,22)(H,20,23)(H,24,25);3-8H,1-2H3;4*1H4. The number of hydrogen-bond acceptors (Lipinski definition) is 9. The van der Waals surface area contributed by atoms with E-state index in [9.17, 15) is 43.5 Å². The van der Waals surface area contributed by atoms with Gasteiger partial charge < -0.3 is 20.5 Å². The molecule has 0 radical (unpaired) electrons. The predicted octanol–water partition coefficient (Wildman–Crippen LogP) is 5.13. The molecule has 284 valence electrons. The van der Waals surface area contributed by atoms with E-state index in [0.717, 1.165) is 32.4 Å². The van der Waals surface area contributed by atoms with Gasteiger partial charge in [-0.1, -0.05) is 65.1 Å². The largest absolute Gasteiger partial charge is 0.478 e. The molecule has 0 spiro atoms. The highest BCUT2D eigenvalue weighted by Crippen LogP contribution is 2.26. The highest BCUT2D eigenvalue weighted by atomic mass is 16.5. The molecule has 14 heteroatoms. The third-order valence-electron chi connectivity index (χ3n) is 7.94. The van der Waals surface area contributed by atoms with Crippen LogP contribution in [0.15, 0.2) is 92.0 Å². The van der Waals surface area contributed by atoms with Crippen molar-refractivity contribution in [3.63, 3.8) is 0 Å². The van der Waals surface area contributed by atoms with Crippen LogP contribution in [0.1, 0.15) is 71.9 Å². The van der Waals surface area contributed by atoms with E-state index in [1.54, 1.807) is 48.5 Å². The van der Waals surface area contributed by atoms with E-state index in [2.05, 4.69) is 10.6 Å². The minimum Gasteiger partial charge on any atom is -0.478 e. The van der Waals surface area contributed by atoms with Gasteiger partial charge in [0.25, 0.3) is 40.5 Å². The average Bonchev–Trinajstić information content (AvgIpc) is 3.47. The van der Waals surface area contributed by atoms with E-state index >= 15 is 0 Å². The fourth-order valence-corrected chi connectivity index (χ4v) is 5.26. The highest BCUT2D eigenvalue weighted by molar-refractivity contribution is 6.11. The molecule has 14 nitrogen and oxygen atoms in total. The lowest BCUT2D eigenvalue weighted by molar-refractivity contribution is -0.120. The van der Waals surface area contributed by atoms with E-state index in [1.165, 1.54) is 26.2 Å². The molecule has 6 rings (SSSR count). The summed E-state index contributed by atoms with van der Waals surface area (Å²) in [7, 11) is 2.70. The number of carboxylic acids is 1. The number of aromatic nitrogens is 2. The van der Waals surface area contributed by atoms with E-state index in [4.69, 9.17) is 4.74 Å². The number of carbonyl (C=O) groups excluding carboxylic acids is 3. The number of benzene rings is 4. The summed E-state index contributed by atoms with van der Waals surface area (Å²) in [5.74, 6) is -3.00. The molecule has 2 amide bonds. The van der Waals surface area contributed by atoms with Crippen molar-refractivity contribution in [3.05, 3.63) is 142 Å². The molecule has 0 fully saturated rings. The average molecular weight is 741 g/mol. The van der Waals surface area contributed by atoms with E-state index in [-0.39, 0.29) is 74.6 Å². The summed E-state index contributed by atoms with van der Waals surface area (Å²) < 4.78 is 6.82. The Labute approximate surface area is 311 Å². The number of aryl methyl sites for hydroxylation is 2. The monoisotopic (exact) mass is 740 g/mol. The lowest BCUT2D eigenvalue weighted by atomic mass is 10.0. The first-order valence-electron chi connectivity index (χ1n) is 14.8. The summed E-state index contributed by atoms with van der Waals surface area (Å²) in [5, 5.41) is 14.8. The van der Waals surface area contributed by atoms with Gasteiger partial charge in [0.05, 0.1) is 43.9 Å². The Balaban J connectivity index is 0.000000503. The van der Waals surface area contributed by atoms with E-state index in [1.807, 2.05) is 13.8 Å². The third-order valence-corrected chi connectivity index (χ3v) is 7.94. The summed E-state index contributed by atoms with van der Waals surface area (Å²) in [6.07, 6.45) is 0. The molecule has 0 bridgehead atoms. The SMILES string of the molecule is C.C.C.C.CNC(=O)c1cc(OC=O)c(C(=O)Nc2ccc(C)cc2)cc1C(=O)O.Cc1ccc(-n2c(=O)c3cc4c(=O)n(C)c(=O)c4cc3c2=O)cc1. The van der Waals surface area contributed by atoms with Gasteiger partial charge in [-0.05, 0) is 62.4 Å². The fourth-order valence-electron chi connectivity index (χ4n) is 5.26. The van der Waals surface area contributed by atoms with Crippen LogP contribution in [0.5, 0.6) is 5.75 Å². The topological polar surface area (TPSA) is 200 Å². The van der Waals surface area contributed by atoms with Crippen LogP contribution in [0.2, 0.25) is 0 Å². The molecular weight excluding hydrogens is 696 g/mol. The van der Waals surface area contributed by atoms with Gasteiger partial charge in [-0.2, -0.15) is 0 Å². The molecular formula is C40H44N4O10. The molecule has 2 aromatic heterocycles. The molecule has 2 heterocycles. The first-order valence-corrected chi connectivity index (χ1v) is 14.8. The zero-order valence-electron chi connectivity index (χ0n) is 27.0. The molecule has 3 N–H and O–H groups in total. The van der Waals surface area contributed by atoms with Crippen LogP contribution in [-0.4, -0.2) is 45.5 Å². The lowest BCUT2D eigenvalue weighted by Crippen LogP contribution is -2.23. The second-order valence-electron chi connectivity index (χ2n) is 11.2. The van der Waals surface area contributed by atoms with Crippen LogP contribution in [0.4, 0.5) is 5.69 Å². The van der Waals surface area contributed by atoms with Gasteiger partial charge in [-0.3, -0.25) is 38.1 Å². The van der Waals surface area contributed by atoms with Crippen molar-refractivity contribution in [2.45, 2.75) is 43.6 Å². The third kappa shape index (κ3) is 8.39. The van der Waals surface area contributed by atoms with Gasteiger partial charge in [0.2, 0.25) is 0 Å². The number of rotatable bonds is 7. The minimum absolute atomic E-state index is 0. The number of fused-ring (bicyclic) bond motifs is 2. The van der Waals surface area contributed by atoms with Crippen molar-refractivity contribution in [2.24, 2.45) is 7.05 Å². The number of nitrogens with zero attached hydrogens (tertiary/aromatic N) is 2. The van der Waals surface area contributed by atoms with Crippen LogP contribution in [0.3, 0.4) is 0 Å². The molecule has 4 aromatic carbocycles. The number of ether oxygens (including phenoxy) is 1. The molecule has 6 aromatic rings. The molecule has 54 heavy (non-hydrogen) atoms. The predicted molar refractivity (Wildman–Crippen MR) is 211 cm³/mol. The summed E-state index contributed by atoms with van der Waals surface area (Å²) >= 11 is 0. The van der Waals surface area contributed by atoms with Crippen molar-refractivity contribution >= 4 is 51.5 Å². The number of carbonyl (C=O) groups is 4. The van der Waals surface area contributed by atoms with Crippen molar-refractivity contribution < 1.29 is 29.0 Å². The Bertz CT molecular complexity index is 2480. The zero-order chi connectivity index (χ0) is 36.4. The normalized spacial score (nSPS) is 9.93. The molecule has 0 unspecified atom stereocenters. The van der Waals surface area contributed by atoms with Crippen LogP contribution in [-0.2, 0) is 11.8 Å². The summed E-state index contributed by atoms with van der Waals surface area (Å²) in [6.45, 7) is 3.88. The number of anilines is 1. The van der Waals surface area contributed by atoms with Crippen LogP contribution in [0.25, 0.3) is 27.2 Å². The highest BCUT2D eigenvalue weighted by Gasteiger charge is 2.24. The van der Waals surface area contributed by atoms with Gasteiger partial charge in [0.1, 0.15) is 5.75 Å². The Morgan fingerprint density at radius 3 is 1.56 bits per heavy atom. The molecule has 0 aliphatic rings. The minimum atomic E-state index is -1.40. The second kappa shape index (κ2) is 18.0. The summed E-state index contributed by atoms with van der Waals surface area (Å²) in [6, 6.07) is 18.6. The number of aromatic carboxylic acids is 1. The maximum atomic E-state index is 12.7. The number of hydrogen-bond donors (Lipinski definition) is 3. The van der Waals surface area contributed by atoms with E-state index < -0.39 is 45.6 Å². The van der Waals surface area contributed by atoms with E-state index in [0.29, 0.717) is 11.4 Å². The van der Waals surface area contributed by atoms with Gasteiger partial charge in [-0.25, -0.2) is 9.36 Å². The number of carboxylic acid groups (broad SMARTS) is 1. The summed E-state index contributed by atoms with van der Waals surface area (Å²) in [4.78, 5) is 96.1. The molecule has 0 aliphatic carbocycles. The maximum Gasteiger partial charge on any atom is 0.336 e. The quantitative estimate of drug-likeness (QED) is 0.184. The zero-order valence-corrected chi connectivity index (χ0v) is 27.0. The smallest absolute Gasteiger partial charge is 0.336 e.